The average Bonchev–Trinajstić information content (AvgIpc) is 2.32. The predicted molar refractivity (Wildman–Crippen MR) is 80.8 cm³/mol. The van der Waals surface area contributed by atoms with Gasteiger partial charge in [0, 0.05) is 22.1 Å². The number of nitrogen functional groups attached to an aromatic ring is 1. The Morgan fingerprint density at radius 2 is 2.06 bits per heavy atom. The van der Waals surface area contributed by atoms with Crippen LogP contribution in [0.15, 0.2) is 22.7 Å². The average molecular weight is 312 g/mol. The fourth-order valence-corrected chi connectivity index (χ4v) is 2.61. The smallest absolute Gasteiger partial charge is 0.163 e. The molecule has 1 unspecified atom stereocenters. The van der Waals surface area contributed by atoms with Gasteiger partial charge in [-0.1, -0.05) is 55.5 Å². The summed E-state index contributed by atoms with van der Waals surface area (Å²) in [6, 6.07) is 5.43. The lowest BCUT2D eigenvalue weighted by molar-refractivity contribution is 0.0957. The van der Waals surface area contributed by atoms with E-state index in [0.29, 0.717) is 18.0 Å². The van der Waals surface area contributed by atoms with Crippen molar-refractivity contribution in [3.63, 3.8) is 0 Å². The van der Waals surface area contributed by atoms with Crippen LogP contribution in [0.25, 0.3) is 0 Å². The lowest BCUT2D eigenvalue weighted by Gasteiger charge is -2.13. The van der Waals surface area contributed by atoms with Crippen molar-refractivity contribution in [3.05, 3.63) is 28.2 Å². The molecule has 0 spiro atoms. The van der Waals surface area contributed by atoms with Gasteiger partial charge >= 0.3 is 0 Å². The summed E-state index contributed by atoms with van der Waals surface area (Å²) in [4.78, 5) is 12.2. The Kier molecular flexibility index (Phi) is 6.41. The first-order chi connectivity index (χ1) is 8.56. The highest BCUT2D eigenvalue weighted by molar-refractivity contribution is 9.10. The molecule has 1 atom stereocenters. The van der Waals surface area contributed by atoms with Crippen LogP contribution in [0.4, 0.5) is 5.69 Å². The third kappa shape index (κ3) is 4.81. The van der Waals surface area contributed by atoms with Crippen LogP contribution in [-0.4, -0.2) is 5.78 Å². The summed E-state index contributed by atoms with van der Waals surface area (Å²) < 4.78 is 0.868. The SMILES string of the molecule is CCCCC(CC)CC(=O)c1cc(N)cc(Br)c1. The summed E-state index contributed by atoms with van der Waals surface area (Å²) in [5.41, 5.74) is 7.11. The van der Waals surface area contributed by atoms with Crippen LogP contribution in [0.2, 0.25) is 0 Å². The molecule has 0 heterocycles. The van der Waals surface area contributed by atoms with E-state index in [1.54, 1.807) is 6.07 Å². The first-order valence-electron chi connectivity index (χ1n) is 6.66. The van der Waals surface area contributed by atoms with E-state index in [9.17, 15) is 4.79 Å². The van der Waals surface area contributed by atoms with Crippen LogP contribution >= 0.6 is 15.9 Å². The number of unbranched alkanes of at least 4 members (excludes halogenated alkanes) is 1. The van der Waals surface area contributed by atoms with E-state index in [2.05, 4.69) is 29.8 Å². The monoisotopic (exact) mass is 311 g/mol. The third-order valence-electron chi connectivity index (χ3n) is 3.26. The Balaban J connectivity index is 2.68. The maximum atomic E-state index is 12.2. The van der Waals surface area contributed by atoms with Gasteiger partial charge in [-0.3, -0.25) is 4.79 Å². The zero-order valence-corrected chi connectivity index (χ0v) is 12.8. The lowest BCUT2D eigenvalue weighted by Crippen LogP contribution is -2.09. The molecule has 0 aromatic heterocycles. The van der Waals surface area contributed by atoms with E-state index in [4.69, 9.17) is 5.73 Å². The molecule has 100 valence electrons. The van der Waals surface area contributed by atoms with Crippen molar-refractivity contribution >= 4 is 27.4 Å². The van der Waals surface area contributed by atoms with Crippen molar-refractivity contribution in [1.82, 2.24) is 0 Å². The maximum absolute atomic E-state index is 12.2. The molecule has 0 saturated carbocycles. The quantitative estimate of drug-likeness (QED) is 0.579. The normalized spacial score (nSPS) is 12.4. The minimum atomic E-state index is 0.200. The van der Waals surface area contributed by atoms with Gasteiger partial charge in [0.25, 0.3) is 0 Å². The van der Waals surface area contributed by atoms with E-state index in [1.807, 2.05) is 12.1 Å². The van der Waals surface area contributed by atoms with Crippen LogP contribution < -0.4 is 5.73 Å². The number of benzene rings is 1. The van der Waals surface area contributed by atoms with Gasteiger partial charge in [0.1, 0.15) is 0 Å². The standard InChI is InChI=1S/C15H22BrNO/c1-3-5-6-11(4-2)7-15(18)12-8-13(16)10-14(17)9-12/h8-11H,3-7,17H2,1-2H3. The predicted octanol–water partition coefficient (Wildman–Crippen LogP) is 4.82. The summed E-state index contributed by atoms with van der Waals surface area (Å²) in [6.07, 6.45) is 5.23. The summed E-state index contributed by atoms with van der Waals surface area (Å²) in [5.74, 6) is 0.698. The number of Topliss-reactive ketones (excluding diaryl/α,β-unsaturated/α-hetero) is 1. The first-order valence-corrected chi connectivity index (χ1v) is 7.45. The number of anilines is 1. The molecule has 0 amide bonds. The summed E-state index contributed by atoms with van der Waals surface area (Å²) >= 11 is 3.37. The summed E-state index contributed by atoms with van der Waals surface area (Å²) in [7, 11) is 0. The molecule has 0 aliphatic carbocycles. The van der Waals surface area contributed by atoms with Gasteiger partial charge in [0.05, 0.1) is 0 Å². The Hall–Kier alpha value is -0.830. The van der Waals surface area contributed by atoms with Gasteiger partial charge in [-0.25, -0.2) is 0 Å². The van der Waals surface area contributed by atoms with Crippen LogP contribution in [0.3, 0.4) is 0 Å². The second-order valence-corrected chi connectivity index (χ2v) is 5.73. The second-order valence-electron chi connectivity index (χ2n) is 4.82. The van der Waals surface area contributed by atoms with E-state index < -0.39 is 0 Å². The summed E-state index contributed by atoms with van der Waals surface area (Å²) in [5, 5.41) is 0. The number of carbonyl (C=O) groups excluding carboxylic acids is 1. The van der Waals surface area contributed by atoms with E-state index in [0.717, 1.165) is 22.9 Å². The van der Waals surface area contributed by atoms with Crippen molar-refractivity contribution in [1.29, 1.82) is 0 Å². The van der Waals surface area contributed by atoms with Crippen molar-refractivity contribution in [2.75, 3.05) is 5.73 Å². The highest BCUT2D eigenvalue weighted by Gasteiger charge is 2.14. The number of nitrogens with two attached hydrogens (primary N) is 1. The van der Waals surface area contributed by atoms with E-state index in [-0.39, 0.29) is 5.78 Å². The van der Waals surface area contributed by atoms with Gasteiger partial charge in [0.15, 0.2) is 5.78 Å². The van der Waals surface area contributed by atoms with Gasteiger partial charge in [0.2, 0.25) is 0 Å². The molecule has 18 heavy (non-hydrogen) atoms. The number of hydrogen-bond donors (Lipinski definition) is 1. The molecule has 0 saturated heterocycles. The molecule has 2 nitrogen and oxygen atoms in total. The van der Waals surface area contributed by atoms with Gasteiger partial charge < -0.3 is 5.73 Å². The van der Waals surface area contributed by atoms with Crippen LogP contribution in [0.1, 0.15) is 56.3 Å². The number of hydrogen-bond acceptors (Lipinski definition) is 2. The molecule has 0 bridgehead atoms. The lowest BCUT2D eigenvalue weighted by atomic mass is 9.91. The Morgan fingerprint density at radius 3 is 2.61 bits per heavy atom. The molecule has 1 rings (SSSR count). The Morgan fingerprint density at radius 1 is 1.33 bits per heavy atom. The number of halogens is 1. The topological polar surface area (TPSA) is 43.1 Å². The van der Waals surface area contributed by atoms with Crippen molar-refractivity contribution < 1.29 is 4.79 Å². The van der Waals surface area contributed by atoms with E-state index >= 15 is 0 Å². The van der Waals surface area contributed by atoms with Gasteiger partial charge in [-0.15, -0.1) is 0 Å². The fourth-order valence-electron chi connectivity index (χ4n) is 2.10. The van der Waals surface area contributed by atoms with Crippen molar-refractivity contribution in [2.24, 2.45) is 5.92 Å². The van der Waals surface area contributed by atoms with E-state index in [1.165, 1.54) is 12.8 Å². The molecule has 2 N–H and O–H groups in total. The molecule has 0 radical (unpaired) electrons. The van der Waals surface area contributed by atoms with Gasteiger partial charge in [-0.05, 0) is 24.1 Å². The van der Waals surface area contributed by atoms with Crippen molar-refractivity contribution in [2.45, 2.75) is 46.0 Å². The van der Waals surface area contributed by atoms with Crippen LogP contribution in [0, 0.1) is 5.92 Å². The molecule has 0 fully saturated rings. The van der Waals surface area contributed by atoms with Crippen LogP contribution in [-0.2, 0) is 0 Å². The third-order valence-corrected chi connectivity index (χ3v) is 3.72. The van der Waals surface area contributed by atoms with Crippen molar-refractivity contribution in [3.8, 4) is 0 Å². The van der Waals surface area contributed by atoms with Gasteiger partial charge in [-0.2, -0.15) is 0 Å². The van der Waals surface area contributed by atoms with Crippen LogP contribution in [0.5, 0.6) is 0 Å². The molecule has 0 aliphatic rings. The Labute approximate surface area is 118 Å². The maximum Gasteiger partial charge on any atom is 0.163 e. The zero-order valence-electron chi connectivity index (χ0n) is 11.2. The fraction of sp³-hybridized carbons (Fsp3) is 0.533. The second kappa shape index (κ2) is 7.57. The summed E-state index contributed by atoms with van der Waals surface area (Å²) in [6.45, 7) is 4.34. The number of rotatable bonds is 7. The minimum Gasteiger partial charge on any atom is -0.399 e. The molecule has 0 aliphatic heterocycles. The largest absolute Gasteiger partial charge is 0.399 e. The number of carbonyl (C=O) groups is 1. The minimum absolute atomic E-state index is 0.200. The molecule has 1 aromatic rings. The Bertz CT molecular complexity index is 383. The zero-order chi connectivity index (χ0) is 13.5. The molecule has 1 aromatic carbocycles. The molecule has 3 heteroatoms. The molecular weight excluding hydrogens is 290 g/mol. The highest BCUT2D eigenvalue weighted by atomic mass is 79.9. The molecular formula is C15H22BrNO. The first kappa shape index (κ1) is 15.2. The highest BCUT2D eigenvalue weighted by Crippen LogP contribution is 2.22. The number of ketones is 1.